The molecule has 0 atom stereocenters. The molecular weight excluding hydrogens is 492 g/mol. The third-order valence-corrected chi connectivity index (χ3v) is 4.31. The van der Waals surface area contributed by atoms with Gasteiger partial charge in [-0.2, -0.15) is 13.2 Å². The number of aliphatic imine (C=N–C) groups is 1. The molecule has 0 amide bonds. The molecule has 1 aromatic carbocycles. The lowest BCUT2D eigenvalue weighted by atomic mass is 10.2. The molecule has 0 fully saturated rings. The van der Waals surface area contributed by atoms with Crippen molar-refractivity contribution in [1.82, 2.24) is 15.6 Å². The van der Waals surface area contributed by atoms with Gasteiger partial charge in [-0.3, -0.25) is 0 Å². The van der Waals surface area contributed by atoms with Crippen LogP contribution in [-0.4, -0.2) is 31.1 Å². The first-order valence-corrected chi connectivity index (χ1v) is 8.97. The van der Waals surface area contributed by atoms with Crippen LogP contribution < -0.4 is 15.4 Å². The summed E-state index contributed by atoms with van der Waals surface area (Å²) in [5, 5.41) is 7.70. The summed E-state index contributed by atoms with van der Waals surface area (Å²) in [7, 11) is 1.61. The average Bonchev–Trinajstić information content (AvgIpc) is 3.09. The van der Waals surface area contributed by atoms with Gasteiger partial charge in [-0.25, -0.2) is 9.98 Å². The van der Waals surface area contributed by atoms with Crippen molar-refractivity contribution in [2.75, 3.05) is 20.2 Å². The summed E-state index contributed by atoms with van der Waals surface area (Å²) in [6.45, 7) is 3.55. The van der Waals surface area contributed by atoms with E-state index < -0.39 is 11.9 Å². The molecule has 2 N–H and O–H groups in total. The summed E-state index contributed by atoms with van der Waals surface area (Å²) in [5.41, 5.74) is 0.190. The smallest absolute Gasteiger partial charge is 0.434 e. The number of methoxy groups -OCH3 is 1. The van der Waals surface area contributed by atoms with E-state index in [1.165, 1.54) is 0 Å². The number of nitrogens with zero attached hydrogens (tertiary/aromatic N) is 2. The highest BCUT2D eigenvalue weighted by molar-refractivity contribution is 14.0. The van der Waals surface area contributed by atoms with Gasteiger partial charge in [0.25, 0.3) is 0 Å². The number of rotatable bonds is 7. The van der Waals surface area contributed by atoms with Crippen molar-refractivity contribution in [2.45, 2.75) is 26.1 Å². The number of guanidine groups is 1. The van der Waals surface area contributed by atoms with E-state index in [9.17, 15) is 13.2 Å². The van der Waals surface area contributed by atoms with Crippen LogP contribution in [-0.2, 0) is 19.1 Å². The highest BCUT2D eigenvalue weighted by atomic mass is 127. The van der Waals surface area contributed by atoms with Crippen molar-refractivity contribution in [3.63, 3.8) is 0 Å². The Bertz CT molecular complexity index is 720. The van der Waals surface area contributed by atoms with Crippen LogP contribution >= 0.6 is 35.3 Å². The predicted molar refractivity (Wildman–Crippen MR) is 112 cm³/mol. The van der Waals surface area contributed by atoms with E-state index in [0.29, 0.717) is 37.0 Å². The van der Waals surface area contributed by atoms with E-state index in [1.54, 1.807) is 7.11 Å². The lowest BCUT2D eigenvalue weighted by Gasteiger charge is -2.10. The number of hydrogen-bond acceptors (Lipinski definition) is 4. The Kier molecular flexibility index (Phi) is 9.84. The molecule has 1 heterocycles. The minimum absolute atomic E-state index is 0. The Balaban J connectivity index is 0.00000364. The van der Waals surface area contributed by atoms with Crippen molar-refractivity contribution >= 4 is 41.3 Å². The van der Waals surface area contributed by atoms with Gasteiger partial charge in [-0.05, 0) is 24.6 Å². The zero-order chi connectivity index (χ0) is 19.0. The Hall–Kier alpha value is -1.56. The standard InChI is InChI=1S/C17H21F3N4OS.HI/c1-3-21-16(23-10-12-4-6-13(25-2)7-5-12)22-9-8-15-24-14(11-26-15)17(18,19)20;/h4-7,11H,3,8-10H2,1-2H3,(H2,21,22,23);1H. The van der Waals surface area contributed by atoms with Crippen LogP contribution in [0, 0.1) is 0 Å². The predicted octanol–water partition coefficient (Wildman–Crippen LogP) is 4.09. The van der Waals surface area contributed by atoms with Gasteiger partial charge in [-0.15, -0.1) is 35.3 Å². The van der Waals surface area contributed by atoms with Crippen LogP contribution in [0.2, 0.25) is 0 Å². The van der Waals surface area contributed by atoms with Crippen LogP contribution in [0.1, 0.15) is 23.2 Å². The van der Waals surface area contributed by atoms with Crippen molar-refractivity contribution in [2.24, 2.45) is 4.99 Å². The van der Waals surface area contributed by atoms with Crippen LogP contribution in [0.3, 0.4) is 0 Å². The van der Waals surface area contributed by atoms with Crippen LogP contribution in [0.25, 0.3) is 0 Å². The fourth-order valence-electron chi connectivity index (χ4n) is 2.09. The number of aromatic nitrogens is 1. The van der Waals surface area contributed by atoms with Crippen LogP contribution in [0.15, 0.2) is 34.6 Å². The molecule has 150 valence electrons. The van der Waals surface area contributed by atoms with Crippen LogP contribution in [0.4, 0.5) is 13.2 Å². The van der Waals surface area contributed by atoms with E-state index in [0.717, 1.165) is 28.0 Å². The van der Waals surface area contributed by atoms with Gasteiger partial charge in [-0.1, -0.05) is 12.1 Å². The fraction of sp³-hybridized carbons (Fsp3) is 0.412. The highest BCUT2D eigenvalue weighted by Crippen LogP contribution is 2.29. The summed E-state index contributed by atoms with van der Waals surface area (Å²) in [4.78, 5) is 8.09. The molecule has 0 aliphatic heterocycles. The first kappa shape index (κ1) is 23.5. The molecule has 1 aromatic heterocycles. The largest absolute Gasteiger partial charge is 0.497 e. The molecule has 0 unspecified atom stereocenters. The van der Waals surface area contributed by atoms with Crippen molar-refractivity contribution < 1.29 is 17.9 Å². The number of hydrogen-bond donors (Lipinski definition) is 2. The second-order valence-electron chi connectivity index (χ2n) is 5.34. The number of thiazole rings is 1. The topological polar surface area (TPSA) is 58.5 Å². The molecular formula is C17H22F3IN4OS. The number of alkyl halides is 3. The van der Waals surface area contributed by atoms with Gasteiger partial charge >= 0.3 is 6.18 Å². The molecule has 0 aliphatic rings. The Labute approximate surface area is 177 Å². The number of benzene rings is 1. The number of nitrogens with one attached hydrogen (secondary N) is 2. The molecule has 0 saturated carbocycles. The molecule has 2 rings (SSSR count). The third kappa shape index (κ3) is 7.91. The summed E-state index contributed by atoms with van der Waals surface area (Å²) in [5.74, 6) is 1.39. The van der Waals surface area contributed by atoms with E-state index in [2.05, 4.69) is 20.6 Å². The second kappa shape index (κ2) is 11.3. The van der Waals surface area contributed by atoms with E-state index in [-0.39, 0.29) is 24.0 Å². The van der Waals surface area contributed by atoms with Gasteiger partial charge in [0.1, 0.15) is 5.75 Å². The maximum atomic E-state index is 12.6. The van der Waals surface area contributed by atoms with Gasteiger partial charge in [0.15, 0.2) is 11.7 Å². The average molecular weight is 514 g/mol. The fourth-order valence-corrected chi connectivity index (χ4v) is 2.89. The van der Waals surface area contributed by atoms with E-state index >= 15 is 0 Å². The zero-order valence-corrected chi connectivity index (χ0v) is 18.1. The molecule has 0 spiro atoms. The van der Waals surface area contributed by atoms with Crippen molar-refractivity contribution in [3.05, 3.63) is 45.9 Å². The molecule has 0 saturated heterocycles. The van der Waals surface area contributed by atoms with Gasteiger partial charge in [0, 0.05) is 24.9 Å². The summed E-state index contributed by atoms with van der Waals surface area (Å²) in [6.07, 6.45) is -4.00. The Morgan fingerprint density at radius 2 is 1.93 bits per heavy atom. The number of ether oxygens (including phenoxy) is 1. The number of halogens is 4. The molecule has 0 radical (unpaired) electrons. The maximum absolute atomic E-state index is 12.6. The molecule has 2 aromatic rings. The molecule has 27 heavy (non-hydrogen) atoms. The first-order chi connectivity index (χ1) is 12.4. The highest BCUT2D eigenvalue weighted by Gasteiger charge is 2.33. The maximum Gasteiger partial charge on any atom is 0.434 e. The lowest BCUT2D eigenvalue weighted by molar-refractivity contribution is -0.140. The molecule has 10 heteroatoms. The monoisotopic (exact) mass is 514 g/mol. The van der Waals surface area contributed by atoms with Gasteiger partial charge in [0.2, 0.25) is 0 Å². The van der Waals surface area contributed by atoms with Crippen molar-refractivity contribution in [3.8, 4) is 5.75 Å². The zero-order valence-electron chi connectivity index (χ0n) is 15.0. The van der Waals surface area contributed by atoms with Gasteiger partial charge < -0.3 is 15.4 Å². The minimum Gasteiger partial charge on any atom is -0.497 e. The molecule has 0 aliphatic carbocycles. The summed E-state index contributed by atoms with van der Waals surface area (Å²) in [6, 6.07) is 7.60. The molecule has 5 nitrogen and oxygen atoms in total. The quantitative estimate of drug-likeness (QED) is 0.332. The Morgan fingerprint density at radius 3 is 2.48 bits per heavy atom. The molecule has 0 bridgehead atoms. The van der Waals surface area contributed by atoms with Crippen LogP contribution in [0.5, 0.6) is 5.75 Å². The third-order valence-electron chi connectivity index (χ3n) is 3.40. The minimum atomic E-state index is -4.39. The summed E-state index contributed by atoms with van der Waals surface area (Å²) < 4.78 is 42.8. The normalized spacial score (nSPS) is 11.7. The summed E-state index contributed by atoms with van der Waals surface area (Å²) >= 11 is 1.01. The first-order valence-electron chi connectivity index (χ1n) is 8.09. The Morgan fingerprint density at radius 1 is 1.22 bits per heavy atom. The second-order valence-corrected chi connectivity index (χ2v) is 6.29. The van der Waals surface area contributed by atoms with Gasteiger partial charge in [0.05, 0.1) is 18.7 Å². The van der Waals surface area contributed by atoms with E-state index in [4.69, 9.17) is 4.74 Å². The van der Waals surface area contributed by atoms with Crippen molar-refractivity contribution in [1.29, 1.82) is 0 Å². The lowest BCUT2D eigenvalue weighted by Crippen LogP contribution is -2.38. The SMILES string of the molecule is CCNC(=NCc1ccc(OC)cc1)NCCc1nc(C(F)(F)F)cs1.I. The van der Waals surface area contributed by atoms with E-state index in [1.807, 2.05) is 31.2 Å².